The van der Waals surface area contributed by atoms with Crippen LogP contribution in [0.2, 0.25) is 0 Å². The molecule has 3 heterocycles. The monoisotopic (exact) mass is 466 g/mol. The van der Waals surface area contributed by atoms with Crippen LogP contribution >= 0.6 is 0 Å². The second-order valence-corrected chi connectivity index (χ2v) is 9.85. The van der Waals surface area contributed by atoms with Crippen LogP contribution in [0.15, 0.2) is 29.4 Å². The highest BCUT2D eigenvalue weighted by molar-refractivity contribution is 6.01. The van der Waals surface area contributed by atoms with E-state index in [0.29, 0.717) is 30.9 Å². The van der Waals surface area contributed by atoms with Gasteiger partial charge in [-0.05, 0) is 78.6 Å². The number of aromatic nitrogens is 2. The summed E-state index contributed by atoms with van der Waals surface area (Å²) in [6, 6.07) is 6.86. The van der Waals surface area contributed by atoms with E-state index in [-0.39, 0.29) is 12.1 Å². The van der Waals surface area contributed by atoms with E-state index >= 15 is 0 Å². The SMILES string of the molecule is CC(C)N/C(=N\C=N)c1cn2c(n1)-c1ccc(OC(C)C3CCN(C(C)C)CC3)cc1OCC2. The van der Waals surface area contributed by atoms with Crippen LogP contribution < -0.4 is 14.8 Å². The molecular weight excluding hydrogens is 428 g/mol. The number of imidazole rings is 1. The Labute approximate surface area is 202 Å². The molecule has 0 bridgehead atoms. The van der Waals surface area contributed by atoms with Crippen LogP contribution in [-0.2, 0) is 6.54 Å². The molecule has 1 atom stereocenters. The number of nitrogens with zero attached hydrogens (tertiary/aromatic N) is 4. The molecule has 8 heteroatoms. The normalized spacial score (nSPS) is 18.1. The summed E-state index contributed by atoms with van der Waals surface area (Å²) in [5, 5.41) is 10.7. The third kappa shape index (κ3) is 5.43. The Morgan fingerprint density at radius 2 is 1.97 bits per heavy atom. The number of amidine groups is 1. The molecular formula is C26H38N6O2. The van der Waals surface area contributed by atoms with Crippen molar-refractivity contribution in [1.82, 2.24) is 19.8 Å². The number of rotatable bonds is 7. The van der Waals surface area contributed by atoms with Gasteiger partial charge >= 0.3 is 0 Å². The molecule has 4 rings (SSSR count). The van der Waals surface area contributed by atoms with E-state index in [4.69, 9.17) is 19.9 Å². The Bertz CT molecular complexity index is 1020. The molecule has 0 spiro atoms. The van der Waals surface area contributed by atoms with Crippen molar-refractivity contribution in [2.75, 3.05) is 19.7 Å². The first-order chi connectivity index (χ1) is 16.4. The predicted octanol–water partition coefficient (Wildman–Crippen LogP) is 4.18. The van der Waals surface area contributed by atoms with Crippen molar-refractivity contribution in [2.24, 2.45) is 10.9 Å². The van der Waals surface area contributed by atoms with Gasteiger partial charge in [0.25, 0.3) is 0 Å². The summed E-state index contributed by atoms with van der Waals surface area (Å²) >= 11 is 0. The molecule has 1 unspecified atom stereocenters. The standard InChI is InChI=1S/C26H38N6O2/c1-17(2)29-25(28-16-27)23-15-32-12-13-33-24-14-21(6-7-22(24)26(32)30-23)34-19(5)20-8-10-31(11-9-20)18(3)4/h6-7,14-20H,8-13H2,1-5H3,(H2,27,28,29). The van der Waals surface area contributed by atoms with Gasteiger partial charge < -0.3 is 24.3 Å². The zero-order valence-electron chi connectivity index (χ0n) is 21.0. The molecule has 2 aliphatic rings. The largest absolute Gasteiger partial charge is 0.491 e. The van der Waals surface area contributed by atoms with Gasteiger partial charge in [-0.2, -0.15) is 0 Å². The minimum absolute atomic E-state index is 0.161. The molecule has 0 saturated carbocycles. The second-order valence-electron chi connectivity index (χ2n) is 9.85. The number of aliphatic imine (C=N–C) groups is 1. The van der Waals surface area contributed by atoms with Gasteiger partial charge in [0.05, 0.1) is 18.2 Å². The van der Waals surface area contributed by atoms with E-state index in [2.05, 4.69) is 40.5 Å². The molecule has 1 saturated heterocycles. The topological polar surface area (TPSA) is 87.8 Å². The average Bonchev–Trinajstić information content (AvgIpc) is 3.15. The van der Waals surface area contributed by atoms with Gasteiger partial charge in [0.1, 0.15) is 36.0 Å². The van der Waals surface area contributed by atoms with E-state index in [0.717, 1.165) is 48.0 Å². The van der Waals surface area contributed by atoms with Gasteiger partial charge in [0, 0.05) is 24.3 Å². The lowest BCUT2D eigenvalue weighted by Crippen LogP contribution is -2.41. The maximum atomic E-state index is 7.40. The molecule has 1 aromatic heterocycles. The van der Waals surface area contributed by atoms with E-state index < -0.39 is 0 Å². The lowest BCUT2D eigenvalue weighted by Gasteiger charge is -2.36. The quantitative estimate of drug-likeness (QED) is 0.472. The first-order valence-corrected chi connectivity index (χ1v) is 12.4. The van der Waals surface area contributed by atoms with Crippen LogP contribution in [0.4, 0.5) is 0 Å². The second kappa shape index (κ2) is 10.6. The maximum Gasteiger partial charge on any atom is 0.155 e. The summed E-state index contributed by atoms with van der Waals surface area (Å²) in [5.74, 6) is 3.64. The van der Waals surface area contributed by atoms with Crippen molar-refractivity contribution in [1.29, 1.82) is 5.41 Å². The summed E-state index contributed by atoms with van der Waals surface area (Å²) in [6.07, 6.45) is 5.52. The number of likely N-dealkylation sites (tertiary alicyclic amines) is 1. The van der Waals surface area contributed by atoms with Crippen molar-refractivity contribution in [3.63, 3.8) is 0 Å². The van der Waals surface area contributed by atoms with Crippen LogP contribution in [0.5, 0.6) is 11.5 Å². The molecule has 2 N–H and O–H groups in total. The van der Waals surface area contributed by atoms with Gasteiger partial charge in [0.2, 0.25) is 0 Å². The van der Waals surface area contributed by atoms with Gasteiger partial charge in [0.15, 0.2) is 5.84 Å². The number of hydrogen-bond donors (Lipinski definition) is 2. The third-order valence-corrected chi connectivity index (χ3v) is 6.71. The Kier molecular flexibility index (Phi) is 7.56. The summed E-state index contributed by atoms with van der Waals surface area (Å²) in [6.45, 7) is 14.3. The minimum atomic E-state index is 0.161. The summed E-state index contributed by atoms with van der Waals surface area (Å²) < 4.78 is 14.6. The van der Waals surface area contributed by atoms with Crippen molar-refractivity contribution < 1.29 is 9.47 Å². The molecule has 2 aliphatic heterocycles. The molecule has 184 valence electrons. The van der Waals surface area contributed by atoms with Crippen molar-refractivity contribution in [3.8, 4) is 22.9 Å². The fourth-order valence-electron chi connectivity index (χ4n) is 4.78. The lowest BCUT2D eigenvalue weighted by atomic mass is 9.91. The van der Waals surface area contributed by atoms with Crippen molar-refractivity contribution >= 4 is 12.2 Å². The fraction of sp³-hybridized carbons (Fsp3) is 0.577. The highest BCUT2D eigenvalue weighted by Gasteiger charge is 2.27. The number of piperidine rings is 1. The lowest BCUT2D eigenvalue weighted by molar-refractivity contribution is 0.0756. The summed E-state index contributed by atoms with van der Waals surface area (Å²) in [5.41, 5.74) is 1.66. The highest BCUT2D eigenvalue weighted by atomic mass is 16.5. The number of nitrogens with one attached hydrogen (secondary N) is 2. The zero-order chi connectivity index (χ0) is 24.2. The van der Waals surface area contributed by atoms with Crippen LogP contribution in [0.25, 0.3) is 11.4 Å². The summed E-state index contributed by atoms with van der Waals surface area (Å²) in [7, 11) is 0. The van der Waals surface area contributed by atoms with Crippen molar-refractivity contribution in [2.45, 2.75) is 72.2 Å². The van der Waals surface area contributed by atoms with E-state index in [1.54, 1.807) is 0 Å². The highest BCUT2D eigenvalue weighted by Crippen LogP contribution is 2.36. The van der Waals surface area contributed by atoms with Crippen LogP contribution in [0, 0.1) is 11.3 Å². The molecule has 34 heavy (non-hydrogen) atoms. The minimum Gasteiger partial charge on any atom is -0.491 e. The Morgan fingerprint density at radius 3 is 2.65 bits per heavy atom. The first kappa shape index (κ1) is 24.3. The molecule has 2 aromatic rings. The Balaban J connectivity index is 1.51. The number of ether oxygens (including phenoxy) is 2. The number of fused-ring (bicyclic) bond motifs is 3. The molecule has 1 aromatic carbocycles. The Hall–Kier alpha value is -2.87. The van der Waals surface area contributed by atoms with E-state index in [1.807, 2.05) is 38.2 Å². The summed E-state index contributed by atoms with van der Waals surface area (Å²) in [4.78, 5) is 11.6. The van der Waals surface area contributed by atoms with Gasteiger partial charge in [-0.25, -0.2) is 9.98 Å². The van der Waals surface area contributed by atoms with E-state index in [1.165, 1.54) is 12.8 Å². The van der Waals surface area contributed by atoms with Crippen LogP contribution in [-0.4, -0.2) is 64.5 Å². The van der Waals surface area contributed by atoms with Gasteiger partial charge in [-0.3, -0.25) is 5.41 Å². The predicted molar refractivity (Wildman–Crippen MR) is 136 cm³/mol. The first-order valence-electron chi connectivity index (χ1n) is 12.4. The molecule has 8 nitrogen and oxygen atoms in total. The average molecular weight is 467 g/mol. The van der Waals surface area contributed by atoms with Crippen LogP contribution in [0.1, 0.15) is 53.2 Å². The maximum absolute atomic E-state index is 7.40. The number of benzene rings is 1. The fourth-order valence-corrected chi connectivity index (χ4v) is 4.78. The molecule has 1 fully saturated rings. The van der Waals surface area contributed by atoms with Crippen LogP contribution in [0.3, 0.4) is 0 Å². The molecule has 0 radical (unpaired) electrons. The van der Waals surface area contributed by atoms with E-state index in [9.17, 15) is 0 Å². The van der Waals surface area contributed by atoms with Gasteiger partial charge in [-0.1, -0.05) is 0 Å². The Morgan fingerprint density at radius 1 is 1.21 bits per heavy atom. The molecule has 0 aliphatic carbocycles. The number of hydrogen-bond acceptors (Lipinski definition) is 5. The third-order valence-electron chi connectivity index (χ3n) is 6.71. The zero-order valence-corrected chi connectivity index (χ0v) is 21.0. The smallest absolute Gasteiger partial charge is 0.155 e. The van der Waals surface area contributed by atoms with Crippen molar-refractivity contribution in [3.05, 3.63) is 30.1 Å². The van der Waals surface area contributed by atoms with Gasteiger partial charge in [-0.15, -0.1) is 0 Å². The molecule has 0 amide bonds.